The maximum absolute atomic E-state index is 12.6. The zero-order valence-electron chi connectivity index (χ0n) is 24.0. The Morgan fingerprint density at radius 1 is 0.590 bits per heavy atom. The normalized spacial score (nSPS) is 10.9. The van der Waals surface area contributed by atoms with Crippen molar-refractivity contribution in [1.82, 2.24) is 0 Å². The van der Waals surface area contributed by atoms with Crippen molar-refractivity contribution in [2.75, 3.05) is 12.4 Å². The van der Waals surface area contributed by atoms with Crippen molar-refractivity contribution >= 4 is 17.7 Å². The summed E-state index contributed by atoms with van der Waals surface area (Å²) in [5, 5.41) is 0. The average Bonchev–Trinajstić information content (AvgIpc) is 2.97. The maximum atomic E-state index is 12.6. The van der Waals surface area contributed by atoms with Crippen molar-refractivity contribution < 1.29 is 14.3 Å². The molecule has 0 aliphatic heterocycles. The van der Waals surface area contributed by atoms with Gasteiger partial charge in [0.15, 0.2) is 0 Å². The molecule has 0 saturated heterocycles. The number of benzene rings is 3. The van der Waals surface area contributed by atoms with E-state index in [9.17, 15) is 4.79 Å². The van der Waals surface area contributed by atoms with E-state index in [4.69, 9.17) is 9.47 Å². The molecule has 0 spiro atoms. The molecule has 210 valence electrons. The summed E-state index contributed by atoms with van der Waals surface area (Å²) < 4.78 is 11.4. The van der Waals surface area contributed by atoms with Crippen molar-refractivity contribution in [2.24, 2.45) is 0 Å². The van der Waals surface area contributed by atoms with Gasteiger partial charge in [-0.3, -0.25) is 0 Å². The van der Waals surface area contributed by atoms with Gasteiger partial charge in [-0.2, -0.15) is 0 Å². The molecule has 0 radical (unpaired) electrons. The largest absolute Gasteiger partial charge is 0.494 e. The summed E-state index contributed by atoms with van der Waals surface area (Å²) in [7, 11) is 0. The van der Waals surface area contributed by atoms with Crippen LogP contribution in [-0.2, 0) is 0 Å². The van der Waals surface area contributed by atoms with Crippen LogP contribution in [-0.4, -0.2) is 18.3 Å². The van der Waals surface area contributed by atoms with Gasteiger partial charge in [0.05, 0.1) is 12.2 Å². The van der Waals surface area contributed by atoms with Gasteiger partial charge in [-0.25, -0.2) is 4.79 Å². The van der Waals surface area contributed by atoms with Crippen molar-refractivity contribution in [1.29, 1.82) is 0 Å². The van der Waals surface area contributed by atoms with E-state index in [-0.39, 0.29) is 5.97 Å². The predicted molar refractivity (Wildman–Crippen MR) is 166 cm³/mol. The van der Waals surface area contributed by atoms with Crippen LogP contribution in [0.3, 0.4) is 0 Å². The number of hydrogen-bond donors (Lipinski definition) is 0. The fourth-order valence-corrected chi connectivity index (χ4v) is 5.37. The molecule has 3 nitrogen and oxygen atoms in total. The Bertz CT molecular complexity index is 1060. The lowest BCUT2D eigenvalue weighted by Crippen LogP contribution is -2.08. The zero-order valence-corrected chi connectivity index (χ0v) is 24.8. The van der Waals surface area contributed by atoms with Gasteiger partial charge >= 0.3 is 5.97 Å². The molecule has 4 heteroatoms. The molecule has 0 aliphatic carbocycles. The van der Waals surface area contributed by atoms with E-state index in [2.05, 4.69) is 38.1 Å². The number of carbonyl (C=O) groups is 1. The van der Waals surface area contributed by atoms with Crippen LogP contribution >= 0.6 is 11.8 Å². The first-order valence-corrected chi connectivity index (χ1v) is 16.0. The number of carbonyl (C=O) groups excluding carboxylic acids is 1. The van der Waals surface area contributed by atoms with Crippen LogP contribution < -0.4 is 9.47 Å². The van der Waals surface area contributed by atoms with E-state index in [1.807, 2.05) is 48.2 Å². The first kappa shape index (κ1) is 30.8. The molecule has 0 fully saturated rings. The number of unbranched alkanes of at least 4 members (excludes halogenated alkanes) is 10. The summed E-state index contributed by atoms with van der Waals surface area (Å²) in [5.41, 5.74) is 2.78. The lowest BCUT2D eigenvalue weighted by atomic mass is 10.1. The average molecular weight is 547 g/mol. The molecule has 0 heterocycles. The first-order chi connectivity index (χ1) is 19.2. The number of rotatable bonds is 19. The molecular weight excluding hydrogens is 500 g/mol. The molecule has 0 N–H and O–H groups in total. The van der Waals surface area contributed by atoms with Crippen LogP contribution in [0.5, 0.6) is 11.5 Å². The maximum Gasteiger partial charge on any atom is 0.343 e. The van der Waals surface area contributed by atoms with E-state index >= 15 is 0 Å². The van der Waals surface area contributed by atoms with Gasteiger partial charge in [0.2, 0.25) is 0 Å². The molecule has 0 aliphatic rings. The number of hydrogen-bond acceptors (Lipinski definition) is 4. The molecule has 0 amide bonds. The first-order valence-electron chi connectivity index (χ1n) is 15.0. The molecular formula is C35H46O3S. The highest BCUT2D eigenvalue weighted by Gasteiger charge is 2.09. The van der Waals surface area contributed by atoms with E-state index < -0.39 is 0 Å². The van der Waals surface area contributed by atoms with E-state index in [0.29, 0.717) is 17.9 Å². The van der Waals surface area contributed by atoms with Gasteiger partial charge in [0, 0.05) is 4.90 Å². The Hall–Kier alpha value is -2.72. The number of esters is 1. The predicted octanol–water partition coefficient (Wildman–Crippen LogP) is 10.8. The monoisotopic (exact) mass is 546 g/mol. The van der Waals surface area contributed by atoms with Crippen molar-refractivity contribution in [3.63, 3.8) is 0 Å². The Kier molecular flexibility index (Phi) is 14.7. The van der Waals surface area contributed by atoms with Gasteiger partial charge in [-0.05, 0) is 78.3 Å². The summed E-state index contributed by atoms with van der Waals surface area (Å²) in [5.74, 6) is 2.15. The minimum Gasteiger partial charge on any atom is -0.494 e. The van der Waals surface area contributed by atoms with Crippen LogP contribution in [0.2, 0.25) is 0 Å². The lowest BCUT2D eigenvalue weighted by Gasteiger charge is -2.09. The minimum absolute atomic E-state index is 0.364. The lowest BCUT2D eigenvalue weighted by molar-refractivity contribution is 0.0734. The smallest absolute Gasteiger partial charge is 0.343 e. The third-order valence-electron chi connectivity index (χ3n) is 6.88. The summed E-state index contributed by atoms with van der Waals surface area (Å²) in [4.78, 5) is 13.9. The SMILES string of the molecule is CCCCCCCCOc1ccc(C(=O)Oc2ccc(-c3ccc(SCCCCCCCC)cc3)cc2)cc1. The molecule has 3 aromatic rings. The molecule has 3 aromatic carbocycles. The highest BCUT2D eigenvalue weighted by molar-refractivity contribution is 7.99. The van der Waals surface area contributed by atoms with Gasteiger partial charge in [0.25, 0.3) is 0 Å². The van der Waals surface area contributed by atoms with E-state index in [0.717, 1.165) is 23.3 Å². The number of thioether (sulfide) groups is 1. The topological polar surface area (TPSA) is 35.5 Å². The Morgan fingerprint density at radius 3 is 1.72 bits per heavy atom. The van der Waals surface area contributed by atoms with Gasteiger partial charge in [-0.1, -0.05) is 102 Å². The van der Waals surface area contributed by atoms with Crippen molar-refractivity contribution in [2.45, 2.75) is 95.8 Å². The second kappa shape index (κ2) is 18.5. The van der Waals surface area contributed by atoms with Gasteiger partial charge in [0.1, 0.15) is 11.5 Å². The van der Waals surface area contributed by atoms with Crippen LogP contribution in [0.1, 0.15) is 101 Å². The molecule has 0 atom stereocenters. The van der Waals surface area contributed by atoms with E-state index in [1.54, 1.807) is 12.1 Å². The summed E-state index contributed by atoms with van der Waals surface area (Å²) in [6.45, 7) is 5.20. The molecule has 0 saturated carbocycles. The molecule has 0 bridgehead atoms. The van der Waals surface area contributed by atoms with Crippen LogP contribution in [0.25, 0.3) is 11.1 Å². The Labute approximate surface area is 240 Å². The van der Waals surface area contributed by atoms with Crippen molar-refractivity contribution in [3.8, 4) is 22.6 Å². The summed E-state index contributed by atoms with van der Waals surface area (Å²) in [6, 6.07) is 23.6. The fourth-order valence-electron chi connectivity index (χ4n) is 4.46. The van der Waals surface area contributed by atoms with Gasteiger partial charge in [-0.15, -0.1) is 11.8 Å². The quantitative estimate of drug-likeness (QED) is 0.0648. The van der Waals surface area contributed by atoms with Crippen LogP contribution in [0.15, 0.2) is 77.7 Å². The Balaban J connectivity index is 1.39. The summed E-state index contributed by atoms with van der Waals surface area (Å²) in [6.07, 6.45) is 15.4. The zero-order chi connectivity index (χ0) is 27.5. The fraction of sp³-hybridized carbons (Fsp3) is 0.457. The third-order valence-corrected chi connectivity index (χ3v) is 7.97. The standard InChI is InChI=1S/C35H46O3S/c1-3-5-7-9-11-13-27-37-32-21-17-31(18-22-32)35(36)38-33-23-15-29(16-24-33)30-19-25-34(26-20-30)39-28-14-12-10-8-6-4-2/h15-26H,3-14,27-28H2,1-2H3. The third kappa shape index (κ3) is 11.9. The Morgan fingerprint density at radius 2 is 1.10 bits per heavy atom. The van der Waals surface area contributed by atoms with Gasteiger partial charge < -0.3 is 9.47 Å². The molecule has 3 rings (SSSR count). The van der Waals surface area contributed by atoms with Crippen LogP contribution in [0.4, 0.5) is 0 Å². The highest BCUT2D eigenvalue weighted by atomic mass is 32.2. The van der Waals surface area contributed by atoms with Crippen molar-refractivity contribution in [3.05, 3.63) is 78.4 Å². The number of ether oxygens (including phenoxy) is 2. The molecule has 39 heavy (non-hydrogen) atoms. The molecule has 0 aromatic heterocycles. The summed E-state index contributed by atoms with van der Waals surface area (Å²) >= 11 is 1.94. The minimum atomic E-state index is -0.364. The second-order valence-electron chi connectivity index (χ2n) is 10.2. The van der Waals surface area contributed by atoms with E-state index in [1.165, 1.54) is 81.3 Å². The van der Waals surface area contributed by atoms with Crippen LogP contribution in [0, 0.1) is 0 Å². The molecule has 0 unspecified atom stereocenters. The highest BCUT2D eigenvalue weighted by Crippen LogP contribution is 2.27. The second-order valence-corrected chi connectivity index (χ2v) is 11.4.